The molecule has 336 valence electrons. The Balaban J connectivity index is 3.00. The van der Waals surface area contributed by atoms with Crippen LogP contribution in [0.4, 0.5) is 0 Å². The molecule has 8 heteroatoms. The maximum Gasteiger partial charge on any atom is 0.105 e. The fraction of sp³-hybridized carbons (Fsp3) is 1.00. The van der Waals surface area contributed by atoms with E-state index in [1.165, 1.54) is 12.8 Å². The van der Waals surface area contributed by atoms with E-state index >= 15 is 0 Å². The Morgan fingerprint density at radius 3 is 1.36 bits per heavy atom. The first-order valence-corrected chi connectivity index (χ1v) is 23.2. The van der Waals surface area contributed by atoms with Crippen LogP contribution in [0, 0.1) is 65.1 Å². The zero-order valence-electron chi connectivity index (χ0n) is 39.8. The van der Waals surface area contributed by atoms with Gasteiger partial charge in [-0.2, -0.15) is 0 Å². The van der Waals surface area contributed by atoms with Crippen LogP contribution >= 0.6 is 0 Å². The van der Waals surface area contributed by atoms with Crippen LogP contribution in [-0.2, 0) is 37.9 Å². The quantitative estimate of drug-likeness (QED) is 0.0637. The maximum absolute atomic E-state index is 6.86. The van der Waals surface area contributed by atoms with Crippen LogP contribution in [-0.4, -0.2) is 103 Å². The van der Waals surface area contributed by atoms with Gasteiger partial charge in [0.05, 0.1) is 84.4 Å². The van der Waals surface area contributed by atoms with Crippen LogP contribution < -0.4 is 0 Å². The number of ether oxygens (including phenoxy) is 8. The van der Waals surface area contributed by atoms with Crippen molar-refractivity contribution in [2.24, 2.45) is 65.1 Å². The second kappa shape index (κ2) is 30.7. The average molecular weight is 801 g/mol. The first-order chi connectivity index (χ1) is 26.4. The Morgan fingerprint density at radius 1 is 0.411 bits per heavy atom. The predicted molar refractivity (Wildman–Crippen MR) is 233 cm³/mol. The molecule has 0 radical (unpaired) electrons. The van der Waals surface area contributed by atoms with Gasteiger partial charge in [-0.15, -0.1) is 0 Å². The second-order valence-corrected chi connectivity index (χ2v) is 20.6. The maximum atomic E-state index is 6.86. The number of hydrogen-bond acceptors (Lipinski definition) is 8. The van der Waals surface area contributed by atoms with Gasteiger partial charge in [0.25, 0.3) is 0 Å². The van der Waals surface area contributed by atoms with Gasteiger partial charge < -0.3 is 37.9 Å². The van der Waals surface area contributed by atoms with Crippen LogP contribution in [0.5, 0.6) is 0 Å². The molecule has 0 bridgehead atoms. The molecule has 1 saturated heterocycles. The van der Waals surface area contributed by atoms with E-state index < -0.39 is 0 Å². The van der Waals surface area contributed by atoms with Gasteiger partial charge in [0.2, 0.25) is 0 Å². The molecule has 8 atom stereocenters. The van der Waals surface area contributed by atoms with Crippen LogP contribution in [0.15, 0.2) is 0 Å². The highest BCUT2D eigenvalue weighted by Crippen LogP contribution is 2.24. The highest BCUT2D eigenvalue weighted by atomic mass is 16.6. The lowest BCUT2D eigenvalue weighted by atomic mass is 9.88. The molecule has 0 aromatic heterocycles. The Morgan fingerprint density at radius 2 is 0.839 bits per heavy atom. The van der Waals surface area contributed by atoms with Crippen molar-refractivity contribution in [1.29, 1.82) is 0 Å². The summed E-state index contributed by atoms with van der Waals surface area (Å²) < 4.78 is 51.4. The van der Waals surface area contributed by atoms with E-state index in [0.29, 0.717) is 125 Å². The summed E-state index contributed by atoms with van der Waals surface area (Å²) in [4.78, 5) is 0. The third-order valence-corrected chi connectivity index (χ3v) is 11.0. The minimum Gasteiger partial charge on any atom is -0.381 e. The third-order valence-electron chi connectivity index (χ3n) is 11.0. The first kappa shape index (κ1) is 53.7. The van der Waals surface area contributed by atoms with Crippen LogP contribution in [0.3, 0.4) is 0 Å². The summed E-state index contributed by atoms with van der Waals surface area (Å²) in [5.74, 6) is 5.93. The minimum absolute atomic E-state index is 0.0461. The van der Waals surface area contributed by atoms with Gasteiger partial charge in [0, 0.05) is 12.5 Å². The third kappa shape index (κ3) is 26.7. The van der Waals surface area contributed by atoms with Gasteiger partial charge in [-0.05, 0) is 91.3 Å². The topological polar surface area (TPSA) is 73.8 Å². The lowest BCUT2D eigenvalue weighted by molar-refractivity contribution is -0.171. The molecule has 8 nitrogen and oxygen atoms in total. The number of hydrogen-bond donors (Lipinski definition) is 0. The van der Waals surface area contributed by atoms with Crippen molar-refractivity contribution in [3.63, 3.8) is 0 Å². The molecule has 0 aromatic rings. The average Bonchev–Trinajstić information content (AvgIpc) is 3.07. The summed E-state index contributed by atoms with van der Waals surface area (Å²) in [6.45, 7) is 43.0. The van der Waals surface area contributed by atoms with E-state index in [-0.39, 0.29) is 30.5 Å². The van der Waals surface area contributed by atoms with E-state index in [0.717, 1.165) is 32.5 Å². The lowest BCUT2D eigenvalue weighted by Crippen LogP contribution is -2.40. The SMILES string of the molecule is CC(C)CC(COCC(COC[C@@H](COCC(CC(C)C)C(C)C)C(C)C)OC(COCC1COCC(CC(C)C)O1)CC(C)C)OC[C@H](CC(C)C)C(C)C. The summed E-state index contributed by atoms with van der Waals surface area (Å²) in [5.41, 5.74) is 0. The zero-order chi connectivity index (χ0) is 42.2. The van der Waals surface area contributed by atoms with Gasteiger partial charge in [-0.25, -0.2) is 0 Å². The van der Waals surface area contributed by atoms with Gasteiger partial charge in [0.1, 0.15) is 12.2 Å². The molecular formula is C48H96O8. The second-order valence-electron chi connectivity index (χ2n) is 20.6. The fourth-order valence-corrected chi connectivity index (χ4v) is 7.57. The van der Waals surface area contributed by atoms with Crippen molar-refractivity contribution in [3.05, 3.63) is 0 Å². The van der Waals surface area contributed by atoms with E-state index in [1.807, 2.05) is 0 Å². The van der Waals surface area contributed by atoms with Crippen molar-refractivity contribution in [1.82, 2.24) is 0 Å². The van der Waals surface area contributed by atoms with Crippen LogP contribution in [0.2, 0.25) is 0 Å². The Kier molecular flexibility index (Phi) is 29.4. The van der Waals surface area contributed by atoms with Gasteiger partial charge in [-0.1, -0.05) is 111 Å². The smallest absolute Gasteiger partial charge is 0.105 e. The van der Waals surface area contributed by atoms with Crippen LogP contribution in [0.1, 0.15) is 143 Å². The normalized spacial score (nSPS) is 20.4. The Hall–Kier alpha value is -0.320. The molecule has 56 heavy (non-hydrogen) atoms. The zero-order valence-corrected chi connectivity index (χ0v) is 39.8. The molecule has 0 N–H and O–H groups in total. The number of rotatable bonds is 34. The summed E-state index contributed by atoms with van der Waals surface area (Å²) in [5, 5.41) is 0. The van der Waals surface area contributed by atoms with Crippen molar-refractivity contribution in [3.8, 4) is 0 Å². The molecule has 1 heterocycles. The van der Waals surface area contributed by atoms with Gasteiger partial charge in [0.15, 0.2) is 0 Å². The van der Waals surface area contributed by atoms with Crippen molar-refractivity contribution >= 4 is 0 Å². The molecule has 1 rings (SSSR count). The molecule has 0 spiro atoms. The minimum atomic E-state index is -0.235. The molecular weight excluding hydrogens is 705 g/mol. The highest BCUT2D eigenvalue weighted by Gasteiger charge is 2.27. The summed E-state index contributed by atoms with van der Waals surface area (Å²) in [6, 6.07) is 0. The van der Waals surface area contributed by atoms with Crippen LogP contribution in [0.25, 0.3) is 0 Å². The van der Waals surface area contributed by atoms with Gasteiger partial charge >= 0.3 is 0 Å². The molecule has 1 fully saturated rings. The van der Waals surface area contributed by atoms with E-state index in [9.17, 15) is 0 Å². The van der Waals surface area contributed by atoms with E-state index in [4.69, 9.17) is 37.9 Å². The largest absolute Gasteiger partial charge is 0.381 e. The standard InChI is InChI=1S/C48H96O8/c1-33(2)17-41(38(11)12)22-49-23-43(40(15)16)24-50-29-47(30-51-26-44(19-35(5)6)54-25-42(39(13)14)18-34(3)4)55-45(20-36(7)8)27-52-31-48-32-53-28-46(56-48)21-37(9)10/h33-48H,17-32H2,1-16H3/t41?,42-,43+,44?,45?,46?,47?,48?/m0/s1. The summed E-state index contributed by atoms with van der Waals surface area (Å²) in [6.07, 6.45) is 5.01. The Labute approximate surface area is 348 Å². The molecule has 6 unspecified atom stereocenters. The van der Waals surface area contributed by atoms with E-state index in [1.54, 1.807) is 0 Å². The predicted octanol–water partition coefficient (Wildman–Crippen LogP) is 11.0. The summed E-state index contributed by atoms with van der Waals surface area (Å²) in [7, 11) is 0. The van der Waals surface area contributed by atoms with Gasteiger partial charge in [-0.3, -0.25) is 0 Å². The monoisotopic (exact) mass is 801 g/mol. The van der Waals surface area contributed by atoms with Crippen molar-refractivity contribution in [2.75, 3.05) is 72.7 Å². The lowest BCUT2D eigenvalue weighted by Gasteiger charge is -2.32. The molecule has 1 aliphatic rings. The molecule has 0 saturated carbocycles. The summed E-state index contributed by atoms with van der Waals surface area (Å²) >= 11 is 0. The highest BCUT2D eigenvalue weighted by molar-refractivity contribution is 4.73. The molecule has 0 aliphatic carbocycles. The van der Waals surface area contributed by atoms with Crippen molar-refractivity contribution in [2.45, 2.75) is 173 Å². The Bertz CT molecular complexity index is 906. The van der Waals surface area contributed by atoms with E-state index in [2.05, 4.69) is 111 Å². The first-order valence-electron chi connectivity index (χ1n) is 23.2. The molecule has 0 amide bonds. The molecule has 1 aliphatic heterocycles. The van der Waals surface area contributed by atoms with Crippen molar-refractivity contribution < 1.29 is 37.9 Å². The molecule has 0 aromatic carbocycles. The fourth-order valence-electron chi connectivity index (χ4n) is 7.57.